The molecule has 1 aromatic heterocycles. The van der Waals surface area contributed by atoms with Gasteiger partial charge in [0.15, 0.2) is 5.82 Å². The first kappa shape index (κ1) is 25.6. The second-order valence-electron chi connectivity index (χ2n) is 7.90. The Morgan fingerprint density at radius 1 is 1.14 bits per heavy atom. The Balaban J connectivity index is 0.00000342. The molecule has 0 radical (unpaired) electrons. The first-order chi connectivity index (χ1) is 16.5. The molecule has 3 aromatic rings. The van der Waals surface area contributed by atoms with Gasteiger partial charge in [-0.1, -0.05) is 12.1 Å². The van der Waals surface area contributed by atoms with Crippen LogP contribution in [0, 0.1) is 11.3 Å². The van der Waals surface area contributed by atoms with E-state index in [1.54, 1.807) is 31.4 Å². The van der Waals surface area contributed by atoms with Crippen LogP contribution in [0.4, 0.5) is 28.8 Å². The van der Waals surface area contributed by atoms with Crippen molar-refractivity contribution in [1.82, 2.24) is 14.9 Å². The lowest BCUT2D eigenvalue weighted by Crippen LogP contribution is -2.44. The van der Waals surface area contributed by atoms with E-state index in [1.165, 1.54) is 6.20 Å². The molecule has 0 atom stereocenters. The van der Waals surface area contributed by atoms with E-state index in [2.05, 4.69) is 43.5 Å². The summed E-state index contributed by atoms with van der Waals surface area (Å²) in [4.78, 5) is 25.1. The maximum Gasteiger partial charge on any atom is 0.250 e. The van der Waals surface area contributed by atoms with Crippen molar-refractivity contribution in [2.75, 3.05) is 55.9 Å². The fraction of sp³-hybridized carbons (Fsp3) is 0.250. The molecule has 0 spiro atoms. The maximum absolute atomic E-state index is 11.8. The van der Waals surface area contributed by atoms with Crippen LogP contribution >= 0.6 is 12.4 Å². The number of carbonyl (C=O) groups is 1. The van der Waals surface area contributed by atoms with E-state index in [4.69, 9.17) is 10.5 Å². The first-order valence-electron chi connectivity index (χ1n) is 10.8. The number of methoxy groups -OCH3 is 1. The third-order valence-electron chi connectivity index (χ3n) is 5.63. The van der Waals surface area contributed by atoms with Gasteiger partial charge >= 0.3 is 0 Å². The summed E-state index contributed by atoms with van der Waals surface area (Å²) in [6, 6.07) is 14.6. The van der Waals surface area contributed by atoms with E-state index in [0.717, 1.165) is 43.3 Å². The molecule has 10 nitrogen and oxygen atoms in total. The number of aromatic nitrogens is 2. The monoisotopic (exact) mass is 494 g/mol. The molecule has 0 aliphatic carbocycles. The molecule has 35 heavy (non-hydrogen) atoms. The molecule has 1 saturated heterocycles. The lowest BCUT2D eigenvalue weighted by Gasteiger charge is -2.34. The summed E-state index contributed by atoms with van der Waals surface area (Å²) < 4.78 is 5.58. The van der Waals surface area contributed by atoms with E-state index in [0.29, 0.717) is 17.2 Å². The highest BCUT2D eigenvalue weighted by molar-refractivity contribution is 5.99. The molecular formula is C24H27ClN8O2. The highest BCUT2D eigenvalue weighted by Gasteiger charge is 2.19. The number of benzene rings is 2. The fourth-order valence-electron chi connectivity index (χ4n) is 3.75. The van der Waals surface area contributed by atoms with Crippen LogP contribution < -0.4 is 26.0 Å². The summed E-state index contributed by atoms with van der Waals surface area (Å²) in [6.07, 6.45) is 1.43. The van der Waals surface area contributed by atoms with Crippen molar-refractivity contribution in [3.05, 3.63) is 59.8 Å². The number of nitrogens with one attached hydrogen (secondary N) is 2. The molecule has 1 aliphatic rings. The number of nitrogens with two attached hydrogens (primary N) is 1. The molecule has 1 amide bonds. The van der Waals surface area contributed by atoms with Crippen LogP contribution in [0.5, 0.6) is 5.75 Å². The van der Waals surface area contributed by atoms with Gasteiger partial charge in [0.2, 0.25) is 5.95 Å². The number of likely N-dealkylation sites (N-methyl/N-ethyl adjacent to an activating group) is 1. The summed E-state index contributed by atoms with van der Waals surface area (Å²) >= 11 is 0. The summed E-state index contributed by atoms with van der Waals surface area (Å²) in [5, 5.41) is 15.7. The standard InChI is InChI=1S/C24H26N8O2.ClH/c1-31-9-11-32(12-10-31)20-13-17(7-8-21(20)34-2)28-24-27-15-16(14-25)23(30-24)29-19-6-4-3-5-18(19)22(26)33;/h3-8,13,15H,9-12H2,1-2H3,(H2,26,33)(H2,27,28,29,30);1H. The second kappa shape index (κ2) is 11.4. The van der Waals surface area contributed by atoms with E-state index >= 15 is 0 Å². The van der Waals surface area contributed by atoms with Crippen molar-refractivity contribution >= 4 is 47.1 Å². The van der Waals surface area contributed by atoms with Gasteiger partial charge < -0.3 is 30.9 Å². The minimum Gasteiger partial charge on any atom is -0.495 e. The highest BCUT2D eigenvalue weighted by Crippen LogP contribution is 2.33. The number of carbonyl (C=O) groups excluding carboxylic acids is 1. The number of halogens is 1. The van der Waals surface area contributed by atoms with Crippen LogP contribution in [0.25, 0.3) is 0 Å². The molecule has 11 heteroatoms. The van der Waals surface area contributed by atoms with Crippen LogP contribution in [0.1, 0.15) is 15.9 Å². The second-order valence-corrected chi connectivity index (χ2v) is 7.90. The number of primary amides is 1. The Morgan fingerprint density at radius 3 is 2.57 bits per heavy atom. The smallest absolute Gasteiger partial charge is 0.250 e. The zero-order chi connectivity index (χ0) is 24.1. The van der Waals surface area contributed by atoms with E-state index in [9.17, 15) is 10.1 Å². The number of hydrogen-bond donors (Lipinski definition) is 3. The summed E-state index contributed by atoms with van der Waals surface area (Å²) in [5.74, 6) is 0.777. The van der Waals surface area contributed by atoms with Crippen molar-refractivity contribution in [2.24, 2.45) is 5.73 Å². The van der Waals surface area contributed by atoms with Crippen LogP contribution in [0.15, 0.2) is 48.7 Å². The lowest BCUT2D eigenvalue weighted by atomic mass is 10.1. The van der Waals surface area contributed by atoms with Gasteiger partial charge in [-0.05, 0) is 37.4 Å². The third-order valence-corrected chi connectivity index (χ3v) is 5.63. The van der Waals surface area contributed by atoms with Crippen LogP contribution in [-0.2, 0) is 0 Å². The molecule has 1 aliphatic heterocycles. The molecular weight excluding hydrogens is 468 g/mol. The van der Waals surface area contributed by atoms with E-state index in [-0.39, 0.29) is 23.8 Å². The van der Waals surface area contributed by atoms with E-state index < -0.39 is 5.91 Å². The molecule has 2 heterocycles. The fourth-order valence-corrected chi connectivity index (χ4v) is 3.75. The Hall–Kier alpha value is -4.07. The number of hydrogen-bond acceptors (Lipinski definition) is 9. The molecule has 0 bridgehead atoms. The Bertz CT molecular complexity index is 1240. The number of piperazine rings is 1. The van der Waals surface area contributed by atoms with Crippen LogP contribution in [0.3, 0.4) is 0 Å². The third kappa shape index (κ3) is 5.90. The maximum atomic E-state index is 11.8. The number of nitrogens with zero attached hydrogens (tertiary/aromatic N) is 5. The molecule has 4 rings (SSSR count). The molecule has 2 aromatic carbocycles. The largest absolute Gasteiger partial charge is 0.495 e. The van der Waals surface area contributed by atoms with Crippen molar-refractivity contribution < 1.29 is 9.53 Å². The van der Waals surface area contributed by atoms with Gasteiger partial charge in [-0.3, -0.25) is 4.79 Å². The van der Waals surface area contributed by atoms with Crippen molar-refractivity contribution in [3.63, 3.8) is 0 Å². The van der Waals surface area contributed by atoms with Gasteiger partial charge in [0, 0.05) is 31.9 Å². The zero-order valence-corrected chi connectivity index (χ0v) is 20.3. The van der Waals surface area contributed by atoms with Crippen LogP contribution in [0.2, 0.25) is 0 Å². The number of anilines is 5. The van der Waals surface area contributed by atoms with Gasteiger partial charge in [0.1, 0.15) is 17.4 Å². The first-order valence-corrected chi connectivity index (χ1v) is 10.8. The SMILES string of the molecule is COc1ccc(Nc2ncc(C#N)c(Nc3ccccc3C(N)=O)n2)cc1N1CCN(C)CC1.Cl. The number of nitriles is 1. The van der Waals surface area contributed by atoms with Crippen LogP contribution in [-0.4, -0.2) is 61.1 Å². The average molecular weight is 495 g/mol. The van der Waals surface area contributed by atoms with Gasteiger partial charge in [0.05, 0.1) is 30.2 Å². The van der Waals surface area contributed by atoms with Gasteiger partial charge in [-0.25, -0.2) is 4.98 Å². The molecule has 182 valence electrons. The normalized spacial score (nSPS) is 13.3. The number of ether oxygens (including phenoxy) is 1. The summed E-state index contributed by atoms with van der Waals surface area (Å²) in [6.45, 7) is 3.75. The molecule has 0 unspecified atom stereocenters. The minimum atomic E-state index is -0.580. The summed E-state index contributed by atoms with van der Waals surface area (Å²) in [5.41, 5.74) is 8.23. The van der Waals surface area contributed by atoms with Gasteiger partial charge in [-0.2, -0.15) is 10.2 Å². The van der Waals surface area contributed by atoms with Gasteiger partial charge in [0.25, 0.3) is 5.91 Å². The number of para-hydroxylation sites is 1. The predicted molar refractivity (Wildman–Crippen MR) is 138 cm³/mol. The molecule has 1 fully saturated rings. The van der Waals surface area contributed by atoms with E-state index in [1.807, 2.05) is 18.2 Å². The number of rotatable bonds is 7. The molecule has 0 saturated carbocycles. The van der Waals surface area contributed by atoms with Crippen molar-refractivity contribution in [1.29, 1.82) is 5.26 Å². The number of amides is 1. The Labute approximate surface area is 210 Å². The zero-order valence-electron chi connectivity index (χ0n) is 19.5. The van der Waals surface area contributed by atoms with Gasteiger partial charge in [-0.15, -0.1) is 12.4 Å². The van der Waals surface area contributed by atoms with Crippen molar-refractivity contribution in [3.8, 4) is 11.8 Å². The topological polar surface area (TPSA) is 132 Å². The highest BCUT2D eigenvalue weighted by atomic mass is 35.5. The quantitative estimate of drug-likeness (QED) is 0.453. The Kier molecular flexibility index (Phi) is 8.30. The summed E-state index contributed by atoms with van der Waals surface area (Å²) in [7, 11) is 3.77. The average Bonchev–Trinajstić information content (AvgIpc) is 2.85. The predicted octanol–water partition coefficient (Wildman–Crippen LogP) is 3.12. The van der Waals surface area contributed by atoms with Crippen molar-refractivity contribution in [2.45, 2.75) is 0 Å². The minimum absolute atomic E-state index is 0. The lowest BCUT2D eigenvalue weighted by molar-refractivity contribution is 0.100. The Morgan fingerprint density at radius 2 is 1.89 bits per heavy atom. The molecule has 4 N–H and O–H groups in total.